The summed E-state index contributed by atoms with van der Waals surface area (Å²) < 4.78 is 18.3. The smallest absolute Gasteiger partial charge is 0.308 e. The fraction of sp³-hybridized carbons (Fsp3) is 0.474. The van der Waals surface area contributed by atoms with Gasteiger partial charge in [0, 0.05) is 13.3 Å². The first-order chi connectivity index (χ1) is 13.1. The lowest BCUT2D eigenvalue weighted by Gasteiger charge is -2.23. The van der Waals surface area contributed by atoms with E-state index in [-0.39, 0.29) is 19.4 Å². The summed E-state index contributed by atoms with van der Waals surface area (Å²) in [5.41, 5.74) is 5.83. The number of amides is 3. The van der Waals surface area contributed by atoms with E-state index in [1.165, 1.54) is 25.1 Å². The molecule has 0 saturated carbocycles. The quantitative estimate of drug-likeness (QED) is 0.495. The summed E-state index contributed by atoms with van der Waals surface area (Å²) in [4.78, 5) is 47.5. The molecule has 28 heavy (non-hydrogen) atoms. The van der Waals surface area contributed by atoms with E-state index < -0.39 is 47.5 Å². The lowest BCUT2D eigenvalue weighted by Crippen LogP contribution is -2.54. The monoisotopic (exact) mass is 395 g/mol. The minimum atomic E-state index is -1.13. The number of nitrogens with one attached hydrogen (secondary N) is 2. The van der Waals surface area contributed by atoms with Crippen molar-refractivity contribution < 1.29 is 28.3 Å². The van der Waals surface area contributed by atoms with Gasteiger partial charge in [0.2, 0.25) is 17.7 Å². The van der Waals surface area contributed by atoms with Crippen LogP contribution in [-0.4, -0.2) is 42.4 Å². The van der Waals surface area contributed by atoms with E-state index in [9.17, 15) is 23.6 Å². The molecule has 0 aliphatic carbocycles. The maximum atomic E-state index is 13.4. The number of primary amides is 1. The number of nitrogens with two attached hydrogens (primary N) is 1. The number of ether oxygens (including phenoxy) is 1. The second kappa shape index (κ2) is 11.0. The highest BCUT2D eigenvalue weighted by Gasteiger charge is 2.28. The van der Waals surface area contributed by atoms with E-state index in [1.807, 2.05) is 0 Å². The van der Waals surface area contributed by atoms with E-state index in [1.54, 1.807) is 19.9 Å². The van der Waals surface area contributed by atoms with Crippen molar-refractivity contribution in [2.24, 2.45) is 11.7 Å². The van der Waals surface area contributed by atoms with Crippen LogP contribution in [0.2, 0.25) is 0 Å². The molecular formula is C19H26FN3O5. The van der Waals surface area contributed by atoms with Gasteiger partial charge in [-0.25, -0.2) is 4.39 Å². The third kappa shape index (κ3) is 7.73. The molecule has 0 aliphatic rings. The van der Waals surface area contributed by atoms with Gasteiger partial charge in [-0.3, -0.25) is 19.2 Å². The molecular weight excluding hydrogens is 369 g/mol. The molecule has 0 fully saturated rings. The fourth-order valence-corrected chi connectivity index (χ4v) is 2.61. The van der Waals surface area contributed by atoms with Gasteiger partial charge < -0.3 is 21.1 Å². The zero-order valence-electron chi connectivity index (χ0n) is 16.2. The van der Waals surface area contributed by atoms with Crippen LogP contribution in [0.3, 0.4) is 0 Å². The first-order valence-electron chi connectivity index (χ1n) is 8.91. The number of hydrogen-bond acceptors (Lipinski definition) is 5. The second-order valence-electron chi connectivity index (χ2n) is 6.44. The van der Waals surface area contributed by atoms with Gasteiger partial charge in [-0.1, -0.05) is 19.1 Å². The molecule has 1 aromatic rings. The number of carbonyl (C=O) groups excluding carboxylic acids is 4. The molecule has 0 aromatic heterocycles. The molecule has 0 heterocycles. The van der Waals surface area contributed by atoms with Crippen molar-refractivity contribution in [2.75, 3.05) is 6.61 Å². The first kappa shape index (κ1) is 23.1. The van der Waals surface area contributed by atoms with Crippen LogP contribution in [0.15, 0.2) is 24.3 Å². The predicted molar refractivity (Wildman–Crippen MR) is 99.2 cm³/mol. The number of halogens is 1. The van der Waals surface area contributed by atoms with Crippen molar-refractivity contribution in [1.29, 1.82) is 0 Å². The first-order valence-corrected chi connectivity index (χ1v) is 8.91. The third-order valence-electron chi connectivity index (χ3n) is 3.96. The summed E-state index contributed by atoms with van der Waals surface area (Å²) >= 11 is 0. The van der Waals surface area contributed by atoms with Crippen molar-refractivity contribution in [3.63, 3.8) is 0 Å². The molecule has 3 atom stereocenters. The van der Waals surface area contributed by atoms with Gasteiger partial charge in [0.25, 0.3) is 0 Å². The van der Waals surface area contributed by atoms with Crippen LogP contribution in [0.1, 0.15) is 32.8 Å². The predicted octanol–water partition coefficient (Wildman–Crippen LogP) is 0.432. The van der Waals surface area contributed by atoms with E-state index in [0.29, 0.717) is 5.56 Å². The number of carbonyl (C=O) groups is 4. The number of benzene rings is 1. The third-order valence-corrected chi connectivity index (χ3v) is 3.96. The van der Waals surface area contributed by atoms with Gasteiger partial charge in [0.05, 0.1) is 12.5 Å². The lowest BCUT2D eigenvalue weighted by atomic mass is 10.00. The Balaban J connectivity index is 2.88. The summed E-state index contributed by atoms with van der Waals surface area (Å²) in [5.74, 6) is -3.61. The Kier molecular flexibility index (Phi) is 9.07. The molecule has 0 radical (unpaired) electrons. The minimum absolute atomic E-state index is 0.0160. The Bertz CT molecular complexity index is 725. The van der Waals surface area contributed by atoms with E-state index in [0.717, 1.165) is 0 Å². The SMILES string of the molecule is CCOC(=O)[C@H](C)C[C@H](NC(=O)[C@@H](Cc1cccc(F)c1)NC(C)=O)C(N)=O. The van der Waals surface area contributed by atoms with E-state index in [2.05, 4.69) is 10.6 Å². The molecule has 1 rings (SSSR count). The normalized spacial score (nSPS) is 13.7. The average molecular weight is 395 g/mol. The molecule has 1 aromatic carbocycles. The highest BCUT2D eigenvalue weighted by atomic mass is 19.1. The summed E-state index contributed by atoms with van der Waals surface area (Å²) in [5, 5.41) is 4.93. The second-order valence-corrected chi connectivity index (χ2v) is 6.44. The van der Waals surface area contributed by atoms with Crippen LogP contribution in [0.4, 0.5) is 4.39 Å². The Hall–Kier alpha value is -2.97. The summed E-state index contributed by atoms with van der Waals surface area (Å²) in [6.45, 7) is 4.63. The molecule has 8 nitrogen and oxygen atoms in total. The number of esters is 1. The van der Waals surface area contributed by atoms with Gasteiger partial charge in [-0.05, 0) is 31.0 Å². The van der Waals surface area contributed by atoms with Crippen LogP contribution < -0.4 is 16.4 Å². The van der Waals surface area contributed by atoms with Gasteiger partial charge in [0.15, 0.2) is 0 Å². The van der Waals surface area contributed by atoms with E-state index >= 15 is 0 Å². The zero-order valence-corrected chi connectivity index (χ0v) is 16.2. The topological polar surface area (TPSA) is 128 Å². The van der Waals surface area contributed by atoms with Crippen molar-refractivity contribution >= 4 is 23.7 Å². The van der Waals surface area contributed by atoms with Gasteiger partial charge in [0.1, 0.15) is 17.9 Å². The van der Waals surface area contributed by atoms with Gasteiger partial charge >= 0.3 is 5.97 Å². The molecule has 0 aliphatic heterocycles. The molecule has 9 heteroatoms. The van der Waals surface area contributed by atoms with Gasteiger partial charge in [-0.15, -0.1) is 0 Å². The van der Waals surface area contributed by atoms with Crippen molar-refractivity contribution in [2.45, 2.75) is 45.7 Å². The van der Waals surface area contributed by atoms with Crippen LogP contribution in [0, 0.1) is 11.7 Å². The molecule has 0 saturated heterocycles. The minimum Gasteiger partial charge on any atom is -0.466 e. The molecule has 0 bridgehead atoms. The highest BCUT2D eigenvalue weighted by Crippen LogP contribution is 2.11. The van der Waals surface area contributed by atoms with Gasteiger partial charge in [-0.2, -0.15) is 0 Å². The Morgan fingerprint density at radius 2 is 1.86 bits per heavy atom. The summed E-state index contributed by atoms with van der Waals surface area (Å²) in [6.07, 6.45) is -0.0330. The van der Waals surface area contributed by atoms with E-state index in [4.69, 9.17) is 10.5 Å². The molecule has 3 amide bonds. The van der Waals surface area contributed by atoms with Crippen LogP contribution in [0.25, 0.3) is 0 Å². The Morgan fingerprint density at radius 1 is 1.18 bits per heavy atom. The Labute approximate surface area is 163 Å². The lowest BCUT2D eigenvalue weighted by molar-refractivity contribution is -0.148. The largest absolute Gasteiger partial charge is 0.466 e. The van der Waals surface area contributed by atoms with Crippen LogP contribution in [0.5, 0.6) is 0 Å². The Morgan fingerprint density at radius 3 is 2.39 bits per heavy atom. The standard InChI is InChI=1S/C19H26FN3O5/c1-4-28-19(27)11(2)8-15(17(21)25)23-18(26)16(22-12(3)24)10-13-6-5-7-14(20)9-13/h5-7,9,11,15-16H,4,8,10H2,1-3H3,(H2,21,25)(H,22,24)(H,23,26)/t11-,15+,16-/m1/s1. The van der Waals surface area contributed by atoms with Crippen LogP contribution in [-0.2, 0) is 30.3 Å². The fourth-order valence-electron chi connectivity index (χ4n) is 2.61. The van der Waals surface area contributed by atoms with Crippen molar-refractivity contribution in [3.8, 4) is 0 Å². The maximum absolute atomic E-state index is 13.4. The number of rotatable bonds is 10. The van der Waals surface area contributed by atoms with Crippen LogP contribution >= 0.6 is 0 Å². The van der Waals surface area contributed by atoms with Crippen molar-refractivity contribution in [3.05, 3.63) is 35.6 Å². The average Bonchev–Trinajstić information content (AvgIpc) is 2.60. The molecule has 4 N–H and O–H groups in total. The summed E-state index contributed by atoms with van der Waals surface area (Å²) in [7, 11) is 0. The molecule has 0 spiro atoms. The molecule has 0 unspecified atom stereocenters. The maximum Gasteiger partial charge on any atom is 0.308 e. The van der Waals surface area contributed by atoms with Crippen molar-refractivity contribution in [1.82, 2.24) is 10.6 Å². The number of hydrogen-bond donors (Lipinski definition) is 3. The zero-order chi connectivity index (χ0) is 21.3. The summed E-state index contributed by atoms with van der Waals surface area (Å²) in [6, 6.07) is 3.43. The highest BCUT2D eigenvalue weighted by molar-refractivity contribution is 5.91. The molecule has 154 valence electrons.